The normalized spacial score (nSPS) is 12.6. The fourth-order valence-corrected chi connectivity index (χ4v) is 4.04. The van der Waals surface area contributed by atoms with E-state index in [0.717, 1.165) is 23.7 Å². The first kappa shape index (κ1) is 15.9. The number of hydrogen-bond acceptors (Lipinski definition) is 3. The van der Waals surface area contributed by atoms with E-state index in [9.17, 15) is 0 Å². The van der Waals surface area contributed by atoms with Gasteiger partial charge in [0.2, 0.25) is 0 Å². The standard InChI is InChI=1S/C16H20ClNS2/c1-3-7-18-16(13-8-12(2)19-10-13)11-20-15-6-4-5-14(17)9-15/h4-6,8-10,16,18H,3,7,11H2,1-2H3. The minimum Gasteiger partial charge on any atom is -0.309 e. The first-order chi connectivity index (χ1) is 9.69. The molecule has 0 saturated carbocycles. The third-order valence-electron chi connectivity index (χ3n) is 3.01. The molecule has 1 nitrogen and oxygen atoms in total. The second kappa shape index (κ2) is 8.08. The van der Waals surface area contributed by atoms with Gasteiger partial charge in [0.15, 0.2) is 0 Å². The molecule has 0 bridgehead atoms. The van der Waals surface area contributed by atoms with Crippen LogP contribution >= 0.6 is 34.7 Å². The van der Waals surface area contributed by atoms with Crippen molar-refractivity contribution in [2.45, 2.75) is 31.2 Å². The second-order valence-electron chi connectivity index (χ2n) is 4.77. The lowest BCUT2D eigenvalue weighted by Crippen LogP contribution is -2.23. The van der Waals surface area contributed by atoms with Crippen LogP contribution < -0.4 is 5.32 Å². The first-order valence-electron chi connectivity index (χ1n) is 6.86. The Bertz CT molecular complexity index is 539. The third kappa shape index (κ3) is 4.81. The van der Waals surface area contributed by atoms with Crippen LogP contribution in [0.5, 0.6) is 0 Å². The van der Waals surface area contributed by atoms with Crippen molar-refractivity contribution in [3.63, 3.8) is 0 Å². The quantitative estimate of drug-likeness (QED) is 0.670. The fraction of sp³-hybridized carbons (Fsp3) is 0.375. The highest BCUT2D eigenvalue weighted by molar-refractivity contribution is 7.99. The maximum atomic E-state index is 6.04. The van der Waals surface area contributed by atoms with Gasteiger partial charge in [0.05, 0.1) is 0 Å². The smallest absolute Gasteiger partial charge is 0.0423 e. The van der Waals surface area contributed by atoms with E-state index in [1.54, 1.807) is 0 Å². The zero-order chi connectivity index (χ0) is 14.4. The van der Waals surface area contributed by atoms with E-state index in [1.807, 2.05) is 41.3 Å². The maximum Gasteiger partial charge on any atom is 0.0423 e. The molecule has 2 aromatic rings. The van der Waals surface area contributed by atoms with Crippen molar-refractivity contribution in [2.75, 3.05) is 12.3 Å². The summed E-state index contributed by atoms with van der Waals surface area (Å²) in [6.45, 7) is 5.41. The summed E-state index contributed by atoms with van der Waals surface area (Å²) < 4.78 is 0. The van der Waals surface area contributed by atoms with Crippen LogP contribution in [0.4, 0.5) is 0 Å². The van der Waals surface area contributed by atoms with Gasteiger partial charge in [-0.15, -0.1) is 23.1 Å². The summed E-state index contributed by atoms with van der Waals surface area (Å²) in [4.78, 5) is 2.60. The van der Waals surface area contributed by atoms with Crippen LogP contribution in [-0.4, -0.2) is 12.3 Å². The molecule has 1 unspecified atom stereocenters. The van der Waals surface area contributed by atoms with E-state index in [1.165, 1.54) is 15.3 Å². The van der Waals surface area contributed by atoms with Gasteiger partial charge in [-0.05, 0) is 55.1 Å². The number of aryl methyl sites for hydroxylation is 1. The molecule has 4 heteroatoms. The van der Waals surface area contributed by atoms with E-state index < -0.39 is 0 Å². The summed E-state index contributed by atoms with van der Waals surface area (Å²) in [7, 11) is 0. The van der Waals surface area contributed by atoms with Gasteiger partial charge in [-0.25, -0.2) is 0 Å². The molecule has 0 radical (unpaired) electrons. The number of benzene rings is 1. The molecule has 108 valence electrons. The van der Waals surface area contributed by atoms with Crippen LogP contribution in [0.25, 0.3) is 0 Å². The van der Waals surface area contributed by atoms with Crippen LogP contribution in [-0.2, 0) is 0 Å². The van der Waals surface area contributed by atoms with Gasteiger partial charge in [0.1, 0.15) is 0 Å². The van der Waals surface area contributed by atoms with Crippen LogP contribution in [0.15, 0.2) is 40.6 Å². The van der Waals surface area contributed by atoms with Gasteiger partial charge in [0.25, 0.3) is 0 Å². The zero-order valence-corrected chi connectivity index (χ0v) is 14.2. The van der Waals surface area contributed by atoms with Gasteiger partial charge in [0, 0.05) is 26.6 Å². The van der Waals surface area contributed by atoms with Crippen LogP contribution in [0.3, 0.4) is 0 Å². The molecule has 0 fully saturated rings. The topological polar surface area (TPSA) is 12.0 Å². The lowest BCUT2D eigenvalue weighted by Gasteiger charge is -2.17. The number of rotatable bonds is 7. The van der Waals surface area contributed by atoms with Gasteiger partial charge >= 0.3 is 0 Å². The Morgan fingerprint density at radius 1 is 1.35 bits per heavy atom. The minimum absolute atomic E-state index is 0.406. The molecular weight excluding hydrogens is 306 g/mol. The highest BCUT2D eigenvalue weighted by Gasteiger charge is 2.12. The fourth-order valence-electron chi connectivity index (χ4n) is 1.97. The summed E-state index contributed by atoms with van der Waals surface area (Å²) in [5.41, 5.74) is 1.40. The van der Waals surface area contributed by atoms with Gasteiger partial charge < -0.3 is 5.32 Å². The molecule has 0 saturated heterocycles. The van der Waals surface area contributed by atoms with Gasteiger partial charge in [-0.3, -0.25) is 0 Å². The molecule has 0 spiro atoms. The van der Waals surface area contributed by atoms with Crippen molar-refractivity contribution >= 4 is 34.7 Å². The number of halogens is 1. The molecule has 0 aliphatic carbocycles. The largest absolute Gasteiger partial charge is 0.309 e. The lowest BCUT2D eigenvalue weighted by molar-refractivity contribution is 0.579. The highest BCUT2D eigenvalue weighted by atomic mass is 35.5. The number of thiophene rings is 1. The predicted molar refractivity (Wildman–Crippen MR) is 92.3 cm³/mol. The molecule has 2 rings (SSSR count). The molecule has 1 aromatic heterocycles. The summed E-state index contributed by atoms with van der Waals surface area (Å²) in [5.74, 6) is 1.02. The molecule has 1 atom stereocenters. The molecule has 1 aromatic carbocycles. The van der Waals surface area contributed by atoms with E-state index in [4.69, 9.17) is 11.6 Å². The average molecular weight is 326 g/mol. The Morgan fingerprint density at radius 3 is 2.85 bits per heavy atom. The summed E-state index contributed by atoms with van der Waals surface area (Å²) in [6, 6.07) is 10.8. The Balaban J connectivity index is 2.00. The van der Waals surface area contributed by atoms with E-state index in [0.29, 0.717) is 6.04 Å². The second-order valence-corrected chi connectivity index (χ2v) is 7.41. The van der Waals surface area contributed by atoms with Crippen molar-refractivity contribution in [2.24, 2.45) is 0 Å². The van der Waals surface area contributed by atoms with E-state index in [-0.39, 0.29) is 0 Å². The highest BCUT2D eigenvalue weighted by Crippen LogP contribution is 2.28. The zero-order valence-electron chi connectivity index (χ0n) is 11.9. The van der Waals surface area contributed by atoms with E-state index >= 15 is 0 Å². The number of thioether (sulfide) groups is 1. The first-order valence-corrected chi connectivity index (χ1v) is 9.10. The molecule has 0 aliphatic rings. The predicted octanol–water partition coefficient (Wildman–Crippen LogP) is 5.54. The molecule has 1 N–H and O–H groups in total. The van der Waals surface area contributed by atoms with Crippen molar-refractivity contribution < 1.29 is 0 Å². The summed E-state index contributed by atoms with van der Waals surface area (Å²) in [5, 5.41) is 6.71. The van der Waals surface area contributed by atoms with Crippen LogP contribution in [0.1, 0.15) is 29.8 Å². The Hall–Kier alpha value is -0.480. The van der Waals surface area contributed by atoms with Crippen LogP contribution in [0.2, 0.25) is 5.02 Å². The van der Waals surface area contributed by atoms with Gasteiger partial charge in [-0.1, -0.05) is 24.6 Å². The minimum atomic E-state index is 0.406. The SMILES string of the molecule is CCCNC(CSc1cccc(Cl)c1)c1csc(C)c1. The molecule has 0 amide bonds. The number of hydrogen-bond donors (Lipinski definition) is 1. The monoisotopic (exact) mass is 325 g/mol. The van der Waals surface area contributed by atoms with E-state index in [2.05, 4.69) is 36.7 Å². The van der Waals surface area contributed by atoms with Crippen molar-refractivity contribution in [3.05, 3.63) is 51.2 Å². The number of nitrogens with one attached hydrogen (secondary N) is 1. The summed E-state index contributed by atoms with van der Waals surface area (Å²) in [6.07, 6.45) is 1.15. The van der Waals surface area contributed by atoms with Crippen molar-refractivity contribution in [1.82, 2.24) is 5.32 Å². The Kier molecular flexibility index (Phi) is 6.43. The summed E-state index contributed by atoms with van der Waals surface area (Å²) >= 11 is 9.71. The molecule has 0 aliphatic heterocycles. The Labute approximate surface area is 134 Å². The van der Waals surface area contributed by atoms with Crippen molar-refractivity contribution in [3.8, 4) is 0 Å². The molecular formula is C16H20ClNS2. The Morgan fingerprint density at radius 2 is 2.20 bits per heavy atom. The van der Waals surface area contributed by atoms with Gasteiger partial charge in [-0.2, -0.15) is 0 Å². The maximum absolute atomic E-state index is 6.04. The lowest BCUT2D eigenvalue weighted by atomic mass is 10.1. The average Bonchev–Trinajstić information content (AvgIpc) is 2.85. The van der Waals surface area contributed by atoms with Crippen molar-refractivity contribution in [1.29, 1.82) is 0 Å². The molecule has 1 heterocycles. The van der Waals surface area contributed by atoms with Crippen LogP contribution in [0, 0.1) is 6.92 Å². The third-order valence-corrected chi connectivity index (χ3v) is 5.21. The molecule has 20 heavy (non-hydrogen) atoms.